The van der Waals surface area contributed by atoms with Gasteiger partial charge in [-0.25, -0.2) is 9.59 Å². The lowest BCUT2D eigenvalue weighted by molar-refractivity contribution is -0.114. The van der Waals surface area contributed by atoms with E-state index in [1.807, 2.05) is 0 Å². The standard InChI is InChI=1S/C20H22N4O4/c1-9-15(11(3)25)17(23-19(27)21-9)13-5-7-14(8-6-13)18-16(12(4)26)10(2)22-20(28)24-18/h5-8,17-18H,1-4H3,(H2,21,23,27)(H2,22,24,28). The smallest absolute Gasteiger partial charge is 0.319 e. The van der Waals surface area contributed by atoms with Crippen LogP contribution in [0.3, 0.4) is 0 Å². The lowest BCUT2D eigenvalue weighted by Gasteiger charge is -2.30. The van der Waals surface area contributed by atoms with Gasteiger partial charge in [-0.2, -0.15) is 0 Å². The normalized spacial score (nSPS) is 22.1. The summed E-state index contributed by atoms with van der Waals surface area (Å²) in [5, 5.41) is 10.7. The van der Waals surface area contributed by atoms with Gasteiger partial charge in [0.05, 0.1) is 12.1 Å². The Hall–Kier alpha value is -3.42. The van der Waals surface area contributed by atoms with Gasteiger partial charge in [0.2, 0.25) is 0 Å². The first-order valence-electron chi connectivity index (χ1n) is 8.87. The molecule has 0 saturated heterocycles. The first-order chi connectivity index (χ1) is 13.2. The minimum atomic E-state index is -0.563. The third-order valence-corrected chi connectivity index (χ3v) is 4.90. The van der Waals surface area contributed by atoms with Crippen LogP contribution in [0.5, 0.6) is 0 Å². The van der Waals surface area contributed by atoms with Crippen LogP contribution in [0.25, 0.3) is 0 Å². The van der Waals surface area contributed by atoms with Crippen molar-refractivity contribution in [3.63, 3.8) is 0 Å². The summed E-state index contributed by atoms with van der Waals surface area (Å²) in [6.07, 6.45) is 0. The molecule has 146 valence electrons. The summed E-state index contributed by atoms with van der Waals surface area (Å²) in [4.78, 5) is 47.8. The number of carbonyl (C=O) groups excluding carboxylic acids is 4. The second-order valence-corrected chi connectivity index (χ2v) is 6.92. The summed E-state index contributed by atoms with van der Waals surface area (Å²) in [5.74, 6) is -0.274. The van der Waals surface area contributed by atoms with Gasteiger partial charge in [-0.1, -0.05) is 24.3 Å². The van der Waals surface area contributed by atoms with Crippen molar-refractivity contribution < 1.29 is 19.2 Å². The average Bonchev–Trinajstić information content (AvgIpc) is 2.59. The van der Waals surface area contributed by atoms with Crippen LogP contribution in [0.1, 0.15) is 50.9 Å². The predicted molar refractivity (Wildman–Crippen MR) is 102 cm³/mol. The van der Waals surface area contributed by atoms with Gasteiger partial charge >= 0.3 is 12.1 Å². The SMILES string of the molecule is CC(=O)C1=C(C)NC(=O)NC1c1ccc(C2NC(=O)NC(C)=C2C(C)=O)cc1. The number of hydrogen-bond donors (Lipinski definition) is 4. The summed E-state index contributed by atoms with van der Waals surface area (Å²) in [7, 11) is 0. The second-order valence-electron chi connectivity index (χ2n) is 6.92. The van der Waals surface area contributed by atoms with Gasteiger partial charge in [0.1, 0.15) is 0 Å². The molecule has 8 nitrogen and oxygen atoms in total. The lowest BCUT2D eigenvalue weighted by Crippen LogP contribution is -2.45. The highest BCUT2D eigenvalue weighted by Crippen LogP contribution is 2.31. The fourth-order valence-electron chi connectivity index (χ4n) is 3.70. The topological polar surface area (TPSA) is 116 Å². The van der Waals surface area contributed by atoms with Gasteiger partial charge in [0, 0.05) is 22.5 Å². The maximum atomic E-state index is 12.1. The van der Waals surface area contributed by atoms with Gasteiger partial charge < -0.3 is 21.3 Å². The Labute approximate surface area is 162 Å². The van der Waals surface area contributed by atoms with Gasteiger partial charge in [-0.15, -0.1) is 0 Å². The highest BCUT2D eigenvalue weighted by molar-refractivity contribution is 5.99. The molecule has 1 aromatic carbocycles. The zero-order chi connectivity index (χ0) is 20.6. The van der Waals surface area contributed by atoms with Gasteiger partial charge in [-0.05, 0) is 38.8 Å². The fraction of sp³-hybridized carbons (Fsp3) is 0.300. The van der Waals surface area contributed by atoms with E-state index in [0.29, 0.717) is 22.5 Å². The third-order valence-electron chi connectivity index (χ3n) is 4.90. The van der Waals surface area contributed by atoms with E-state index in [1.165, 1.54) is 13.8 Å². The number of rotatable bonds is 4. The van der Waals surface area contributed by atoms with E-state index in [4.69, 9.17) is 0 Å². The number of allylic oxidation sites excluding steroid dienone is 2. The van der Waals surface area contributed by atoms with Crippen LogP contribution in [-0.2, 0) is 9.59 Å². The van der Waals surface area contributed by atoms with Crippen LogP contribution >= 0.6 is 0 Å². The van der Waals surface area contributed by atoms with Crippen molar-refractivity contribution in [1.82, 2.24) is 21.3 Å². The molecule has 0 bridgehead atoms. The van der Waals surface area contributed by atoms with Crippen molar-refractivity contribution in [3.8, 4) is 0 Å². The zero-order valence-corrected chi connectivity index (χ0v) is 16.1. The largest absolute Gasteiger partial charge is 0.327 e. The highest BCUT2D eigenvalue weighted by Gasteiger charge is 2.31. The van der Waals surface area contributed by atoms with Crippen molar-refractivity contribution in [3.05, 3.63) is 57.9 Å². The molecule has 1 aromatic rings. The lowest BCUT2D eigenvalue weighted by atomic mass is 9.89. The Morgan fingerprint density at radius 3 is 1.32 bits per heavy atom. The van der Waals surface area contributed by atoms with E-state index in [0.717, 1.165) is 11.1 Å². The number of Topliss-reactive ketones (excluding diaryl/α,β-unsaturated/α-hetero) is 2. The van der Waals surface area contributed by atoms with Crippen LogP contribution < -0.4 is 21.3 Å². The van der Waals surface area contributed by atoms with Crippen LogP contribution in [0.15, 0.2) is 46.8 Å². The van der Waals surface area contributed by atoms with Gasteiger partial charge in [-0.3, -0.25) is 9.59 Å². The van der Waals surface area contributed by atoms with E-state index in [-0.39, 0.29) is 23.6 Å². The Bertz CT molecular complexity index is 866. The number of hydrogen-bond acceptors (Lipinski definition) is 4. The molecule has 0 spiro atoms. The third kappa shape index (κ3) is 3.53. The Morgan fingerprint density at radius 2 is 1.04 bits per heavy atom. The number of amides is 4. The fourth-order valence-corrected chi connectivity index (χ4v) is 3.70. The van der Waals surface area contributed by atoms with E-state index in [2.05, 4.69) is 21.3 Å². The average molecular weight is 382 g/mol. The molecule has 0 radical (unpaired) electrons. The molecule has 3 rings (SSSR count). The van der Waals surface area contributed by atoms with Crippen LogP contribution in [0.2, 0.25) is 0 Å². The maximum absolute atomic E-state index is 12.1. The van der Waals surface area contributed by atoms with Crippen molar-refractivity contribution in [2.75, 3.05) is 0 Å². The van der Waals surface area contributed by atoms with Crippen molar-refractivity contribution in [1.29, 1.82) is 0 Å². The summed E-state index contributed by atoms with van der Waals surface area (Å²) in [6.45, 7) is 6.29. The Kier molecular flexibility index (Phi) is 5.04. The molecule has 0 aromatic heterocycles. The highest BCUT2D eigenvalue weighted by atomic mass is 16.2. The van der Waals surface area contributed by atoms with Crippen LogP contribution in [0, 0.1) is 0 Å². The number of ketones is 2. The van der Waals surface area contributed by atoms with Crippen molar-refractivity contribution >= 4 is 23.6 Å². The van der Waals surface area contributed by atoms with Gasteiger partial charge in [0.15, 0.2) is 11.6 Å². The molecule has 4 N–H and O–H groups in total. The molecule has 2 unspecified atom stereocenters. The summed E-state index contributed by atoms with van der Waals surface area (Å²) in [6, 6.07) is 5.25. The Balaban J connectivity index is 1.97. The predicted octanol–water partition coefficient (Wildman–Crippen LogP) is 2.12. The molecule has 2 atom stereocenters. The molecule has 0 aliphatic carbocycles. The second kappa shape index (κ2) is 7.30. The van der Waals surface area contributed by atoms with Crippen molar-refractivity contribution in [2.24, 2.45) is 0 Å². The molecule has 4 amide bonds. The van der Waals surface area contributed by atoms with E-state index in [9.17, 15) is 19.2 Å². The van der Waals surface area contributed by atoms with Crippen molar-refractivity contribution in [2.45, 2.75) is 39.8 Å². The quantitative estimate of drug-likeness (QED) is 0.638. The van der Waals surface area contributed by atoms with E-state index in [1.54, 1.807) is 38.1 Å². The molecule has 28 heavy (non-hydrogen) atoms. The minimum Gasteiger partial charge on any atom is -0.327 e. The summed E-state index contributed by atoms with van der Waals surface area (Å²) in [5.41, 5.74) is 3.48. The molecule has 2 aliphatic heterocycles. The first-order valence-corrected chi connectivity index (χ1v) is 8.87. The molecule has 8 heteroatoms. The molecular weight excluding hydrogens is 360 g/mol. The minimum absolute atomic E-state index is 0.137. The van der Waals surface area contributed by atoms with Crippen LogP contribution in [0.4, 0.5) is 9.59 Å². The number of carbonyl (C=O) groups is 4. The monoisotopic (exact) mass is 382 g/mol. The van der Waals surface area contributed by atoms with Gasteiger partial charge in [0.25, 0.3) is 0 Å². The Morgan fingerprint density at radius 1 is 0.714 bits per heavy atom. The summed E-state index contributed by atoms with van der Waals surface area (Å²) >= 11 is 0. The number of urea groups is 2. The van der Waals surface area contributed by atoms with E-state index < -0.39 is 12.1 Å². The number of benzene rings is 1. The number of nitrogens with one attached hydrogen (secondary N) is 4. The molecule has 2 heterocycles. The molecule has 0 fully saturated rings. The maximum Gasteiger partial charge on any atom is 0.319 e. The zero-order valence-electron chi connectivity index (χ0n) is 16.1. The molecule has 0 saturated carbocycles. The van der Waals surface area contributed by atoms with Crippen LogP contribution in [-0.4, -0.2) is 23.6 Å². The molecular formula is C20H22N4O4. The van der Waals surface area contributed by atoms with E-state index >= 15 is 0 Å². The molecule has 2 aliphatic rings. The first kappa shape index (κ1) is 19.3. The summed E-state index contributed by atoms with van der Waals surface area (Å²) < 4.78 is 0.